The molecule has 0 atom stereocenters. The number of hydrogen-bond acceptors (Lipinski definition) is 3. The second-order valence-corrected chi connectivity index (χ2v) is 5.38. The van der Waals surface area contributed by atoms with Crippen LogP contribution < -0.4 is 15.0 Å². The van der Waals surface area contributed by atoms with Crippen LogP contribution in [0.15, 0.2) is 48.5 Å². The van der Waals surface area contributed by atoms with Crippen molar-refractivity contribution >= 4 is 23.2 Å². The third-order valence-corrected chi connectivity index (χ3v) is 3.84. The van der Waals surface area contributed by atoms with Crippen LogP contribution in [0.1, 0.15) is 23.2 Å². The molecule has 1 N–H and O–H groups in total. The lowest BCUT2D eigenvalue weighted by Gasteiger charge is -2.16. The number of rotatable bonds is 4. The molecule has 0 unspecified atom stereocenters. The fraction of sp³-hybridized carbons (Fsp3) is 0.222. The van der Waals surface area contributed by atoms with Crippen molar-refractivity contribution in [2.24, 2.45) is 0 Å². The van der Waals surface area contributed by atoms with E-state index in [9.17, 15) is 9.59 Å². The van der Waals surface area contributed by atoms with Crippen molar-refractivity contribution in [3.05, 3.63) is 54.1 Å². The maximum atomic E-state index is 12.3. The SMILES string of the molecule is COc1ccc(C(=O)Nc2cccc(N3CCCC3=O)c2)cc1. The smallest absolute Gasteiger partial charge is 0.255 e. The predicted molar refractivity (Wildman–Crippen MR) is 89.0 cm³/mol. The molecular formula is C18H18N2O3. The zero-order valence-corrected chi connectivity index (χ0v) is 12.9. The lowest BCUT2D eigenvalue weighted by Crippen LogP contribution is -2.23. The minimum atomic E-state index is -0.197. The lowest BCUT2D eigenvalue weighted by molar-refractivity contribution is -0.117. The Bertz CT molecular complexity index is 725. The van der Waals surface area contributed by atoms with Crippen LogP contribution in [0.4, 0.5) is 11.4 Å². The van der Waals surface area contributed by atoms with Gasteiger partial charge in [0.05, 0.1) is 7.11 Å². The molecule has 1 saturated heterocycles. The minimum absolute atomic E-state index is 0.128. The quantitative estimate of drug-likeness (QED) is 0.944. The van der Waals surface area contributed by atoms with Gasteiger partial charge in [-0.3, -0.25) is 9.59 Å². The molecule has 1 aliphatic heterocycles. The molecule has 1 heterocycles. The molecular weight excluding hydrogens is 292 g/mol. The highest BCUT2D eigenvalue weighted by atomic mass is 16.5. The predicted octanol–water partition coefficient (Wildman–Crippen LogP) is 3.07. The van der Waals surface area contributed by atoms with Gasteiger partial charge in [0.1, 0.15) is 5.75 Å². The Morgan fingerprint density at radius 2 is 1.96 bits per heavy atom. The van der Waals surface area contributed by atoms with E-state index < -0.39 is 0 Å². The molecule has 0 aromatic heterocycles. The summed E-state index contributed by atoms with van der Waals surface area (Å²) in [6, 6.07) is 14.3. The number of benzene rings is 2. The summed E-state index contributed by atoms with van der Waals surface area (Å²) in [6.07, 6.45) is 1.46. The normalized spacial score (nSPS) is 14.0. The van der Waals surface area contributed by atoms with Crippen molar-refractivity contribution in [2.75, 3.05) is 23.9 Å². The van der Waals surface area contributed by atoms with Crippen LogP contribution in [0.3, 0.4) is 0 Å². The van der Waals surface area contributed by atoms with Crippen molar-refractivity contribution < 1.29 is 14.3 Å². The third kappa shape index (κ3) is 3.34. The molecule has 2 amide bonds. The summed E-state index contributed by atoms with van der Waals surface area (Å²) < 4.78 is 5.08. The minimum Gasteiger partial charge on any atom is -0.497 e. The van der Waals surface area contributed by atoms with Gasteiger partial charge >= 0.3 is 0 Å². The van der Waals surface area contributed by atoms with Gasteiger partial charge in [0, 0.05) is 29.9 Å². The number of amides is 2. The van der Waals surface area contributed by atoms with Gasteiger partial charge in [-0.15, -0.1) is 0 Å². The Balaban J connectivity index is 1.74. The molecule has 5 nitrogen and oxygen atoms in total. The Kier molecular flexibility index (Phi) is 4.28. The number of carbonyl (C=O) groups excluding carboxylic acids is 2. The second kappa shape index (κ2) is 6.52. The molecule has 0 saturated carbocycles. The molecule has 23 heavy (non-hydrogen) atoms. The van der Waals surface area contributed by atoms with E-state index >= 15 is 0 Å². The van der Waals surface area contributed by atoms with Crippen molar-refractivity contribution in [1.82, 2.24) is 0 Å². The highest BCUT2D eigenvalue weighted by Crippen LogP contribution is 2.24. The van der Waals surface area contributed by atoms with Crippen LogP contribution in [-0.2, 0) is 4.79 Å². The van der Waals surface area contributed by atoms with Gasteiger partial charge in [-0.1, -0.05) is 6.07 Å². The van der Waals surface area contributed by atoms with Crippen LogP contribution >= 0.6 is 0 Å². The molecule has 3 rings (SSSR count). The maximum absolute atomic E-state index is 12.3. The van der Waals surface area contributed by atoms with Gasteiger partial charge < -0.3 is 15.0 Å². The van der Waals surface area contributed by atoms with Gasteiger partial charge in [0.2, 0.25) is 5.91 Å². The maximum Gasteiger partial charge on any atom is 0.255 e. The zero-order chi connectivity index (χ0) is 16.2. The van der Waals surface area contributed by atoms with Gasteiger partial charge in [-0.05, 0) is 48.9 Å². The van der Waals surface area contributed by atoms with Crippen LogP contribution in [-0.4, -0.2) is 25.5 Å². The van der Waals surface area contributed by atoms with E-state index in [1.807, 2.05) is 24.3 Å². The Hall–Kier alpha value is -2.82. The first kappa shape index (κ1) is 15.1. The van der Waals surface area contributed by atoms with E-state index in [0.29, 0.717) is 23.4 Å². The summed E-state index contributed by atoms with van der Waals surface area (Å²) in [7, 11) is 1.58. The van der Waals surface area contributed by atoms with Crippen molar-refractivity contribution in [2.45, 2.75) is 12.8 Å². The van der Waals surface area contributed by atoms with Crippen molar-refractivity contribution in [1.29, 1.82) is 0 Å². The number of nitrogens with zero attached hydrogens (tertiary/aromatic N) is 1. The molecule has 1 fully saturated rings. The molecule has 2 aromatic carbocycles. The molecule has 118 valence electrons. The summed E-state index contributed by atoms with van der Waals surface area (Å²) in [4.78, 5) is 25.8. The van der Waals surface area contributed by atoms with E-state index in [0.717, 1.165) is 18.7 Å². The summed E-state index contributed by atoms with van der Waals surface area (Å²) >= 11 is 0. The van der Waals surface area contributed by atoms with Crippen LogP contribution in [0.5, 0.6) is 5.75 Å². The van der Waals surface area contributed by atoms with E-state index in [2.05, 4.69) is 5.32 Å². The van der Waals surface area contributed by atoms with Gasteiger partial charge in [-0.25, -0.2) is 0 Å². The number of carbonyl (C=O) groups is 2. The third-order valence-electron chi connectivity index (χ3n) is 3.84. The Morgan fingerprint density at radius 3 is 2.61 bits per heavy atom. The average Bonchev–Trinajstić information content (AvgIpc) is 3.01. The molecule has 5 heteroatoms. The Labute approximate surface area is 134 Å². The largest absolute Gasteiger partial charge is 0.497 e. The zero-order valence-electron chi connectivity index (χ0n) is 12.9. The van der Waals surface area contributed by atoms with Crippen LogP contribution in [0, 0.1) is 0 Å². The monoisotopic (exact) mass is 310 g/mol. The molecule has 2 aromatic rings. The number of methoxy groups -OCH3 is 1. The van der Waals surface area contributed by atoms with E-state index in [1.54, 1.807) is 36.3 Å². The van der Waals surface area contributed by atoms with E-state index in [-0.39, 0.29) is 11.8 Å². The summed E-state index contributed by atoms with van der Waals surface area (Å²) in [5.74, 6) is 0.636. The first-order valence-electron chi connectivity index (χ1n) is 7.53. The topological polar surface area (TPSA) is 58.6 Å². The highest BCUT2D eigenvalue weighted by Gasteiger charge is 2.21. The van der Waals surface area contributed by atoms with Crippen molar-refractivity contribution in [3.8, 4) is 5.75 Å². The number of anilines is 2. The molecule has 0 bridgehead atoms. The average molecular weight is 310 g/mol. The fourth-order valence-electron chi connectivity index (χ4n) is 2.62. The van der Waals surface area contributed by atoms with Gasteiger partial charge in [0.15, 0.2) is 0 Å². The summed E-state index contributed by atoms with van der Waals surface area (Å²) in [6.45, 7) is 0.731. The fourth-order valence-corrected chi connectivity index (χ4v) is 2.62. The molecule has 1 aliphatic rings. The first-order chi connectivity index (χ1) is 11.2. The van der Waals surface area contributed by atoms with Crippen LogP contribution in [0.25, 0.3) is 0 Å². The standard InChI is InChI=1S/C18H18N2O3/c1-23-16-9-7-13(8-10-16)18(22)19-14-4-2-5-15(12-14)20-11-3-6-17(20)21/h2,4-5,7-10,12H,3,6,11H2,1H3,(H,19,22). The van der Waals surface area contributed by atoms with Gasteiger partial charge in [0.25, 0.3) is 5.91 Å². The van der Waals surface area contributed by atoms with E-state index in [4.69, 9.17) is 4.74 Å². The molecule has 0 radical (unpaired) electrons. The van der Waals surface area contributed by atoms with Crippen molar-refractivity contribution in [3.63, 3.8) is 0 Å². The second-order valence-electron chi connectivity index (χ2n) is 5.38. The number of nitrogens with one attached hydrogen (secondary N) is 1. The van der Waals surface area contributed by atoms with Crippen LogP contribution in [0.2, 0.25) is 0 Å². The van der Waals surface area contributed by atoms with E-state index in [1.165, 1.54) is 0 Å². The summed E-state index contributed by atoms with van der Waals surface area (Å²) in [5, 5.41) is 2.86. The lowest BCUT2D eigenvalue weighted by atomic mass is 10.2. The van der Waals surface area contributed by atoms with Gasteiger partial charge in [-0.2, -0.15) is 0 Å². The molecule has 0 spiro atoms. The number of hydrogen-bond donors (Lipinski definition) is 1. The first-order valence-corrected chi connectivity index (χ1v) is 7.53. The number of ether oxygens (including phenoxy) is 1. The Morgan fingerprint density at radius 1 is 1.17 bits per heavy atom. The summed E-state index contributed by atoms with van der Waals surface area (Å²) in [5.41, 5.74) is 2.04. The highest BCUT2D eigenvalue weighted by molar-refractivity contribution is 6.05. The molecule has 0 aliphatic carbocycles.